The van der Waals surface area contributed by atoms with Crippen molar-refractivity contribution in [1.82, 2.24) is 10.6 Å². The second kappa shape index (κ2) is 14.3. The van der Waals surface area contributed by atoms with Gasteiger partial charge in [-0.1, -0.05) is 57.5 Å². The summed E-state index contributed by atoms with van der Waals surface area (Å²) in [5, 5.41) is 5.07. The molecule has 0 aliphatic heterocycles. The topological polar surface area (TPSA) is 111 Å². The molecule has 1 aromatic rings. The molecule has 0 heterocycles. The fourth-order valence-electron chi connectivity index (χ4n) is 4.28. The zero-order valence-electron chi connectivity index (χ0n) is 22.1. The third-order valence-corrected chi connectivity index (χ3v) is 7.47. The lowest BCUT2D eigenvalue weighted by atomic mass is 9.94. The van der Waals surface area contributed by atoms with Gasteiger partial charge in [-0.25, -0.2) is 4.79 Å². The van der Waals surface area contributed by atoms with Gasteiger partial charge in [0, 0.05) is 13.3 Å². The molecule has 0 radical (unpaired) electrons. The van der Waals surface area contributed by atoms with E-state index in [1.54, 1.807) is 6.92 Å². The molecule has 1 aromatic carbocycles. The molecule has 2 rings (SSSR count). The Balaban J connectivity index is 2.19. The number of rotatable bonds is 13. The van der Waals surface area contributed by atoms with Crippen LogP contribution in [0.3, 0.4) is 0 Å². The molecular weight excluding hydrogens is 480 g/mol. The normalized spacial score (nSPS) is 16.2. The number of hydrogen-bond acceptors (Lipinski definition) is 7. The van der Waals surface area contributed by atoms with Gasteiger partial charge >= 0.3 is 5.97 Å². The van der Waals surface area contributed by atoms with Crippen molar-refractivity contribution in [2.75, 3.05) is 13.2 Å². The summed E-state index contributed by atoms with van der Waals surface area (Å²) in [6, 6.07) is 6.51. The summed E-state index contributed by atoms with van der Waals surface area (Å²) in [5.74, 6) is -0.601. The summed E-state index contributed by atoms with van der Waals surface area (Å²) >= 11 is 0.976. The quantitative estimate of drug-likeness (QED) is 0.381. The smallest absolute Gasteiger partial charge is 0.328 e. The molecule has 1 aliphatic rings. The zero-order valence-corrected chi connectivity index (χ0v) is 22.9. The van der Waals surface area contributed by atoms with E-state index in [9.17, 15) is 19.2 Å². The standard InChI is InChI=1S/C27H40N2O6S/c1-6-16-35-21-12-10-20(11-13-21)17-22(25(32)34-7-2)28-26(33)27(14-8-9-15-27)29-24(31)23(18(3)4)36-19(5)30/h10-13,18,22-23H,6-9,14-17H2,1-5H3,(H,28,33)(H,29,31)/t22-,23+/m0/s1. The average Bonchev–Trinajstić information content (AvgIpc) is 3.31. The van der Waals surface area contributed by atoms with E-state index < -0.39 is 28.7 Å². The number of nitrogens with one attached hydrogen (secondary N) is 2. The highest BCUT2D eigenvalue weighted by molar-refractivity contribution is 8.14. The maximum atomic E-state index is 13.6. The SMILES string of the molecule is CCCOc1ccc(C[C@H](NC(=O)C2(NC(=O)[C@H](SC(C)=O)C(C)C)CCCC2)C(=O)OCC)cc1. The average molecular weight is 521 g/mol. The minimum absolute atomic E-state index is 0.0861. The number of esters is 1. The van der Waals surface area contributed by atoms with E-state index in [1.807, 2.05) is 45.0 Å². The van der Waals surface area contributed by atoms with Gasteiger partial charge in [0.05, 0.1) is 18.5 Å². The molecule has 0 aromatic heterocycles. The lowest BCUT2D eigenvalue weighted by molar-refractivity contribution is -0.148. The Morgan fingerprint density at radius 2 is 1.69 bits per heavy atom. The summed E-state index contributed by atoms with van der Waals surface area (Å²) in [4.78, 5) is 51.2. The molecule has 2 atom stereocenters. The summed E-state index contributed by atoms with van der Waals surface area (Å²) in [6.07, 6.45) is 3.66. The van der Waals surface area contributed by atoms with Crippen LogP contribution in [0, 0.1) is 5.92 Å². The zero-order chi connectivity index (χ0) is 26.7. The number of hydrogen-bond donors (Lipinski definition) is 2. The van der Waals surface area contributed by atoms with Crippen LogP contribution >= 0.6 is 11.8 Å². The van der Waals surface area contributed by atoms with Gasteiger partial charge in [0.25, 0.3) is 0 Å². The highest BCUT2D eigenvalue weighted by Gasteiger charge is 2.45. The van der Waals surface area contributed by atoms with Crippen LogP contribution in [0.25, 0.3) is 0 Å². The fraction of sp³-hybridized carbons (Fsp3) is 0.630. The fourth-order valence-corrected chi connectivity index (χ4v) is 5.07. The van der Waals surface area contributed by atoms with Crippen LogP contribution in [0.2, 0.25) is 0 Å². The third-order valence-electron chi connectivity index (χ3n) is 6.12. The van der Waals surface area contributed by atoms with Crippen LogP contribution in [-0.4, -0.2) is 52.9 Å². The highest BCUT2D eigenvalue weighted by atomic mass is 32.2. The Morgan fingerprint density at radius 3 is 2.22 bits per heavy atom. The molecule has 200 valence electrons. The number of amides is 2. The number of thioether (sulfide) groups is 1. The van der Waals surface area contributed by atoms with E-state index in [4.69, 9.17) is 9.47 Å². The van der Waals surface area contributed by atoms with Crippen molar-refractivity contribution in [1.29, 1.82) is 0 Å². The van der Waals surface area contributed by atoms with Gasteiger partial charge in [0.2, 0.25) is 11.8 Å². The summed E-state index contributed by atoms with van der Waals surface area (Å²) in [5.41, 5.74) is -0.274. The van der Waals surface area contributed by atoms with Crippen LogP contribution in [0.15, 0.2) is 24.3 Å². The summed E-state index contributed by atoms with van der Waals surface area (Å²) < 4.78 is 10.9. The lowest BCUT2D eigenvalue weighted by Crippen LogP contribution is -2.61. The van der Waals surface area contributed by atoms with Crippen molar-refractivity contribution >= 4 is 34.7 Å². The van der Waals surface area contributed by atoms with Gasteiger partial charge in [0.15, 0.2) is 5.12 Å². The predicted molar refractivity (Wildman–Crippen MR) is 141 cm³/mol. The Bertz CT molecular complexity index is 896. The van der Waals surface area contributed by atoms with Crippen LogP contribution in [-0.2, 0) is 30.3 Å². The number of carbonyl (C=O) groups excluding carboxylic acids is 4. The van der Waals surface area contributed by atoms with E-state index >= 15 is 0 Å². The molecule has 0 bridgehead atoms. The first-order valence-corrected chi connectivity index (χ1v) is 13.7. The molecule has 0 spiro atoms. The lowest BCUT2D eigenvalue weighted by Gasteiger charge is -2.33. The molecule has 2 N–H and O–H groups in total. The van der Waals surface area contributed by atoms with Gasteiger partial charge in [-0.05, 0) is 49.8 Å². The van der Waals surface area contributed by atoms with E-state index in [0.29, 0.717) is 19.4 Å². The van der Waals surface area contributed by atoms with Crippen LogP contribution in [0.1, 0.15) is 72.3 Å². The van der Waals surface area contributed by atoms with Gasteiger partial charge in [-0.15, -0.1) is 0 Å². The van der Waals surface area contributed by atoms with Crippen LogP contribution < -0.4 is 15.4 Å². The largest absolute Gasteiger partial charge is 0.494 e. The van der Waals surface area contributed by atoms with E-state index in [2.05, 4.69) is 10.6 Å². The molecule has 0 unspecified atom stereocenters. The molecule has 0 saturated heterocycles. The first kappa shape index (κ1) is 29.7. The van der Waals surface area contributed by atoms with Crippen molar-refractivity contribution in [3.63, 3.8) is 0 Å². The van der Waals surface area contributed by atoms with Gasteiger partial charge in [-0.2, -0.15) is 0 Å². The van der Waals surface area contributed by atoms with Gasteiger partial charge < -0.3 is 20.1 Å². The Labute approximate surface area is 218 Å². The number of carbonyl (C=O) groups is 4. The minimum Gasteiger partial charge on any atom is -0.494 e. The van der Waals surface area contributed by atoms with Crippen molar-refractivity contribution < 1.29 is 28.7 Å². The molecule has 36 heavy (non-hydrogen) atoms. The highest BCUT2D eigenvalue weighted by Crippen LogP contribution is 2.32. The second-order valence-electron chi connectivity index (χ2n) is 9.53. The van der Waals surface area contributed by atoms with Crippen LogP contribution in [0.5, 0.6) is 5.75 Å². The van der Waals surface area contributed by atoms with Crippen molar-refractivity contribution in [3.8, 4) is 5.75 Å². The Morgan fingerprint density at radius 1 is 1.06 bits per heavy atom. The third kappa shape index (κ3) is 8.54. The monoisotopic (exact) mass is 520 g/mol. The Hall–Kier alpha value is -2.55. The van der Waals surface area contributed by atoms with Crippen molar-refractivity contribution in [2.24, 2.45) is 5.92 Å². The Kier molecular flexibility index (Phi) is 11.8. The molecule has 9 heteroatoms. The second-order valence-corrected chi connectivity index (χ2v) is 10.8. The predicted octanol–water partition coefficient (Wildman–Crippen LogP) is 3.80. The van der Waals surface area contributed by atoms with Crippen molar-refractivity contribution in [3.05, 3.63) is 29.8 Å². The maximum Gasteiger partial charge on any atom is 0.328 e. The maximum absolute atomic E-state index is 13.6. The molecule has 1 aliphatic carbocycles. The van der Waals surface area contributed by atoms with E-state index in [-0.39, 0.29) is 30.0 Å². The summed E-state index contributed by atoms with van der Waals surface area (Å²) in [6.45, 7) is 9.73. The summed E-state index contributed by atoms with van der Waals surface area (Å²) in [7, 11) is 0. The first-order chi connectivity index (χ1) is 17.1. The van der Waals surface area contributed by atoms with Gasteiger partial charge in [-0.3, -0.25) is 14.4 Å². The van der Waals surface area contributed by atoms with E-state index in [0.717, 1.165) is 42.3 Å². The first-order valence-electron chi connectivity index (χ1n) is 12.8. The molecule has 8 nitrogen and oxygen atoms in total. The minimum atomic E-state index is -1.12. The molecule has 1 saturated carbocycles. The van der Waals surface area contributed by atoms with Crippen LogP contribution in [0.4, 0.5) is 0 Å². The number of benzene rings is 1. The van der Waals surface area contributed by atoms with Crippen molar-refractivity contribution in [2.45, 2.75) is 90.0 Å². The number of ether oxygens (including phenoxy) is 2. The molecule has 2 amide bonds. The molecular formula is C27H40N2O6S. The van der Waals surface area contributed by atoms with E-state index in [1.165, 1.54) is 6.92 Å². The van der Waals surface area contributed by atoms with Gasteiger partial charge in [0.1, 0.15) is 17.3 Å². The molecule has 1 fully saturated rings.